The van der Waals surface area contributed by atoms with Crippen LogP contribution in [-0.4, -0.2) is 10.7 Å². The topological polar surface area (TPSA) is 24.8 Å². The van der Waals surface area contributed by atoms with Crippen LogP contribution in [0.5, 0.6) is 5.75 Å². The fraction of sp³-hybridized carbons (Fsp3) is 0.174. The quantitative estimate of drug-likeness (QED) is 0.509. The van der Waals surface area contributed by atoms with Gasteiger partial charge in [-0.15, -0.1) is 0 Å². The first-order valence-electron chi connectivity index (χ1n) is 9.13. The normalized spacial score (nSPS) is 20.5. The summed E-state index contributed by atoms with van der Waals surface area (Å²) >= 11 is 3.58. The molecule has 0 spiro atoms. The molecule has 2 aliphatic heterocycles. The zero-order valence-electron chi connectivity index (χ0n) is 15.0. The minimum atomic E-state index is -0.231. The van der Waals surface area contributed by atoms with Gasteiger partial charge in [0, 0.05) is 22.0 Å². The molecule has 0 fully saturated rings. The second-order valence-corrected chi connectivity index (χ2v) is 7.99. The number of nitrogens with zero attached hydrogens (tertiary/aromatic N) is 2. The maximum atomic E-state index is 6.39. The monoisotopic (exact) mass is 418 g/mol. The number of fused-ring (bicyclic) bond motifs is 3. The third-order valence-electron chi connectivity index (χ3n) is 5.22. The summed E-state index contributed by atoms with van der Waals surface area (Å²) in [5.41, 5.74) is 5.85. The van der Waals surface area contributed by atoms with Crippen molar-refractivity contribution in [1.29, 1.82) is 0 Å². The van der Waals surface area contributed by atoms with E-state index in [-0.39, 0.29) is 12.3 Å². The number of rotatable bonds is 2. The Kier molecular flexibility index (Phi) is 4.01. The van der Waals surface area contributed by atoms with E-state index in [1.54, 1.807) is 0 Å². The van der Waals surface area contributed by atoms with Gasteiger partial charge in [0.2, 0.25) is 6.23 Å². The molecule has 0 amide bonds. The summed E-state index contributed by atoms with van der Waals surface area (Å²) in [4.78, 5) is 0. The van der Waals surface area contributed by atoms with Crippen molar-refractivity contribution in [1.82, 2.24) is 5.01 Å². The zero-order valence-corrected chi connectivity index (χ0v) is 16.6. The molecular formula is C23H19BrN2O. The lowest BCUT2D eigenvalue weighted by molar-refractivity contribution is -0.0190. The van der Waals surface area contributed by atoms with Gasteiger partial charge in [0.25, 0.3) is 0 Å². The van der Waals surface area contributed by atoms with Gasteiger partial charge in [-0.3, -0.25) is 0 Å². The van der Waals surface area contributed by atoms with Gasteiger partial charge >= 0.3 is 0 Å². The van der Waals surface area contributed by atoms with Gasteiger partial charge in [0.1, 0.15) is 5.75 Å². The molecule has 0 radical (unpaired) electrons. The van der Waals surface area contributed by atoms with Crippen molar-refractivity contribution in [2.75, 3.05) is 0 Å². The lowest BCUT2D eigenvalue weighted by Crippen LogP contribution is -2.33. The number of hydrogen-bond donors (Lipinski definition) is 0. The van der Waals surface area contributed by atoms with Crippen LogP contribution < -0.4 is 4.74 Å². The van der Waals surface area contributed by atoms with E-state index < -0.39 is 0 Å². The third kappa shape index (κ3) is 2.94. The van der Waals surface area contributed by atoms with E-state index in [4.69, 9.17) is 9.84 Å². The fourth-order valence-electron chi connectivity index (χ4n) is 3.83. The van der Waals surface area contributed by atoms with Crippen LogP contribution in [0.4, 0.5) is 0 Å². The van der Waals surface area contributed by atoms with E-state index in [1.165, 1.54) is 16.7 Å². The van der Waals surface area contributed by atoms with Crippen LogP contribution in [0.2, 0.25) is 0 Å². The van der Waals surface area contributed by atoms with Crippen LogP contribution in [0, 0.1) is 6.92 Å². The third-order valence-corrected chi connectivity index (χ3v) is 5.71. The molecule has 3 nitrogen and oxygen atoms in total. The molecule has 3 aromatic rings. The van der Waals surface area contributed by atoms with Gasteiger partial charge in [-0.05, 0) is 30.7 Å². The Bertz CT molecular complexity index is 1030. The van der Waals surface area contributed by atoms with Crippen molar-refractivity contribution < 1.29 is 4.74 Å². The van der Waals surface area contributed by atoms with Crippen molar-refractivity contribution in [3.63, 3.8) is 0 Å². The SMILES string of the molecule is Cc1ccc(C2=NN3C(C2)c2ccccc2OC3c2cccc(Br)c2)cc1. The first-order valence-corrected chi connectivity index (χ1v) is 9.92. The largest absolute Gasteiger partial charge is 0.464 e. The van der Waals surface area contributed by atoms with Gasteiger partial charge in [-0.2, -0.15) is 5.10 Å². The molecule has 4 heteroatoms. The zero-order chi connectivity index (χ0) is 18.4. The van der Waals surface area contributed by atoms with Crippen LogP contribution in [-0.2, 0) is 0 Å². The molecule has 2 unspecified atom stereocenters. The number of benzene rings is 3. The Balaban J connectivity index is 1.60. The molecule has 134 valence electrons. The predicted octanol–water partition coefficient (Wildman–Crippen LogP) is 6.00. The van der Waals surface area contributed by atoms with Crippen LogP contribution in [0.3, 0.4) is 0 Å². The van der Waals surface area contributed by atoms with Crippen molar-refractivity contribution in [2.45, 2.75) is 25.6 Å². The first-order chi connectivity index (χ1) is 13.2. The average molecular weight is 419 g/mol. The van der Waals surface area contributed by atoms with Gasteiger partial charge < -0.3 is 4.74 Å². The summed E-state index contributed by atoms with van der Waals surface area (Å²) in [5, 5.41) is 7.13. The highest BCUT2D eigenvalue weighted by atomic mass is 79.9. The van der Waals surface area contributed by atoms with E-state index in [2.05, 4.69) is 82.5 Å². The summed E-state index contributed by atoms with van der Waals surface area (Å²) < 4.78 is 7.43. The number of aryl methyl sites for hydroxylation is 1. The van der Waals surface area contributed by atoms with E-state index in [9.17, 15) is 0 Å². The maximum Gasteiger partial charge on any atom is 0.213 e. The molecule has 0 N–H and O–H groups in total. The van der Waals surface area contributed by atoms with Crippen molar-refractivity contribution in [3.8, 4) is 5.75 Å². The second kappa shape index (κ2) is 6.54. The molecule has 5 rings (SSSR count). The van der Waals surface area contributed by atoms with E-state index in [0.29, 0.717) is 0 Å². The number of hydrogen-bond acceptors (Lipinski definition) is 3. The highest BCUT2D eigenvalue weighted by Gasteiger charge is 2.40. The van der Waals surface area contributed by atoms with E-state index >= 15 is 0 Å². The Morgan fingerprint density at radius 3 is 2.63 bits per heavy atom. The molecule has 3 aromatic carbocycles. The fourth-order valence-corrected chi connectivity index (χ4v) is 4.25. The predicted molar refractivity (Wildman–Crippen MR) is 111 cm³/mol. The number of halogens is 1. The smallest absolute Gasteiger partial charge is 0.213 e. The Morgan fingerprint density at radius 1 is 1.00 bits per heavy atom. The van der Waals surface area contributed by atoms with Gasteiger partial charge in [0.05, 0.1) is 11.8 Å². The second-order valence-electron chi connectivity index (χ2n) is 7.08. The van der Waals surface area contributed by atoms with Crippen LogP contribution >= 0.6 is 15.9 Å². The Morgan fingerprint density at radius 2 is 1.81 bits per heavy atom. The van der Waals surface area contributed by atoms with E-state index in [0.717, 1.165) is 27.9 Å². The molecule has 0 bridgehead atoms. The molecule has 2 aliphatic rings. The standard InChI is InChI=1S/C23H19BrN2O/c1-15-9-11-16(12-10-15)20-14-21-19-7-2-3-8-22(19)27-23(26(21)25-20)17-5-4-6-18(24)13-17/h2-13,21,23H,14H2,1H3. The Hall–Kier alpha value is -2.59. The lowest BCUT2D eigenvalue weighted by Gasteiger charge is -2.38. The molecule has 0 saturated carbocycles. The molecule has 0 aliphatic carbocycles. The van der Waals surface area contributed by atoms with Crippen molar-refractivity contribution in [2.24, 2.45) is 5.10 Å². The molecule has 27 heavy (non-hydrogen) atoms. The van der Waals surface area contributed by atoms with Crippen LogP contribution in [0.1, 0.15) is 40.9 Å². The van der Waals surface area contributed by atoms with Crippen LogP contribution in [0.15, 0.2) is 82.4 Å². The summed E-state index contributed by atoms with van der Waals surface area (Å²) in [7, 11) is 0. The maximum absolute atomic E-state index is 6.39. The Labute approximate surface area is 167 Å². The van der Waals surface area contributed by atoms with Crippen molar-refractivity contribution in [3.05, 3.63) is 99.5 Å². The molecule has 0 saturated heterocycles. The number of ether oxygens (including phenoxy) is 1. The van der Waals surface area contributed by atoms with Gasteiger partial charge in [-0.1, -0.05) is 76.1 Å². The first kappa shape index (κ1) is 16.6. The number of hydrazone groups is 1. The van der Waals surface area contributed by atoms with Crippen LogP contribution in [0.25, 0.3) is 0 Å². The highest BCUT2D eigenvalue weighted by molar-refractivity contribution is 9.10. The minimum Gasteiger partial charge on any atom is -0.464 e. The van der Waals surface area contributed by atoms with E-state index in [1.807, 2.05) is 18.2 Å². The average Bonchev–Trinajstić information content (AvgIpc) is 3.13. The summed E-state index contributed by atoms with van der Waals surface area (Å²) in [6.07, 6.45) is 0.652. The summed E-state index contributed by atoms with van der Waals surface area (Å²) in [6, 6.07) is 25.4. The van der Waals surface area contributed by atoms with Gasteiger partial charge in [-0.25, -0.2) is 5.01 Å². The molecular weight excluding hydrogens is 400 g/mol. The number of para-hydroxylation sites is 1. The molecule has 0 aromatic heterocycles. The van der Waals surface area contributed by atoms with Gasteiger partial charge in [0.15, 0.2) is 0 Å². The van der Waals surface area contributed by atoms with Crippen molar-refractivity contribution >= 4 is 21.6 Å². The lowest BCUT2D eigenvalue weighted by atomic mass is 9.95. The summed E-state index contributed by atoms with van der Waals surface area (Å²) in [5.74, 6) is 0.948. The minimum absolute atomic E-state index is 0.190. The highest BCUT2D eigenvalue weighted by Crippen LogP contribution is 2.47. The molecule has 2 atom stereocenters. The summed E-state index contributed by atoms with van der Waals surface area (Å²) in [6.45, 7) is 2.11. The molecule has 2 heterocycles.